The molecule has 1 aliphatic rings. The number of hydrogen-bond donors (Lipinski definition) is 3. The second kappa shape index (κ2) is 35.0. The number of para-hydroxylation sites is 1. The molecule has 3 N–H and O–H groups in total. The molecule has 1 aromatic heterocycles. The van der Waals surface area contributed by atoms with Crippen LogP contribution >= 0.6 is 54.0 Å². The van der Waals surface area contributed by atoms with E-state index in [2.05, 4.69) is 32.6 Å². The lowest BCUT2D eigenvalue weighted by Crippen LogP contribution is -2.45. The van der Waals surface area contributed by atoms with Gasteiger partial charge in [0.1, 0.15) is 54.9 Å². The Bertz CT molecular complexity index is 2680. The van der Waals surface area contributed by atoms with Gasteiger partial charge in [0.25, 0.3) is 11.6 Å². The van der Waals surface area contributed by atoms with Crippen molar-refractivity contribution >= 4 is 106 Å². The number of benzene rings is 3. The largest absolute Gasteiger partial charge is 0.778 e. The highest BCUT2D eigenvalue weighted by Crippen LogP contribution is 2.39. The number of esters is 2. The van der Waals surface area contributed by atoms with Crippen molar-refractivity contribution in [2.45, 2.75) is 83.3 Å². The maximum atomic E-state index is 12.8. The fraction of sp³-hybridized carbons (Fsp3) is 0.460. The molecule has 1 saturated heterocycles. The molecule has 2 heterocycles. The summed E-state index contributed by atoms with van der Waals surface area (Å²) >= 11 is 22.7. The van der Waals surface area contributed by atoms with E-state index in [0.29, 0.717) is 29.3 Å². The highest BCUT2D eigenvalue weighted by atomic mass is 35.5. The van der Waals surface area contributed by atoms with E-state index in [1.54, 1.807) is 45.1 Å². The van der Waals surface area contributed by atoms with Crippen LogP contribution in [0, 0.1) is 10.1 Å². The summed E-state index contributed by atoms with van der Waals surface area (Å²) in [7, 11) is -2.13. The number of furan rings is 1. The van der Waals surface area contributed by atoms with Gasteiger partial charge in [-0.15, -0.1) is 11.6 Å². The molecule has 30 heteroatoms. The molecule has 5 rings (SSSR count). The van der Waals surface area contributed by atoms with Crippen LogP contribution in [0.4, 0.5) is 24.5 Å². The molecule has 3 unspecified atom stereocenters. The summed E-state index contributed by atoms with van der Waals surface area (Å²) in [5, 5.41) is 20.8. The summed E-state index contributed by atoms with van der Waals surface area (Å²) in [4.78, 5) is 88.0. The van der Waals surface area contributed by atoms with Gasteiger partial charge in [0.2, 0.25) is 5.91 Å². The predicted octanol–water partition coefficient (Wildman–Crippen LogP) is 9.53. The van der Waals surface area contributed by atoms with Crippen molar-refractivity contribution in [3.05, 3.63) is 116 Å². The number of nitrogens with zero attached hydrogens (tertiary/aromatic N) is 3. The number of carboxylic acids is 1. The second-order valence-corrected chi connectivity index (χ2v) is 23.0. The fourth-order valence-corrected chi connectivity index (χ4v) is 7.57. The van der Waals surface area contributed by atoms with E-state index < -0.39 is 82.9 Å². The van der Waals surface area contributed by atoms with Crippen molar-refractivity contribution in [3.63, 3.8) is 0 Å². The van der Waals surface area contributed by atoms with Crippen molar-refractivity contribution in [1.29, 1.82) is 0 Å². The molecule has 446 valence electrons. The molecular weight excluding hydrogens is 1190 g/mol. The van der Waals surface area contributed by atoms with E-state index in [1.165, 1.54) is 11.8 Å². The minimum atomic E-state index is -4.61. The van der Waals surface area contributed by atoms with Crippen molar-refractivity contribution in [2.75, 3.05) is 69.4 Å². The number of ether oxygens (including phenoxy) is 5. The van der Waals surface area contributed by atoms with Gasteiger partial charge in [-0.2, -0.15) is 13.2 Å². The Labute approximate surface area is 483 Å². The number of carboxylic acid groups (broad SMARTS) is 1. The maximum Gasteiger partial charge on any atom is 0.416 e. The Hall–Kier alpha value is -5.18. The van der Waals surface area contributed by atoms with E-state index in [0.717, 1.165) is 60.0 Å². The smallest absolute Gasteiger partial charge is 0.416 e. The lowest BCUT2D eigenvalue weighted by atomic mass is 10.0. The van der Waals surface area contributed by atoms with Crippen LogP contribution in [-0.2, 0) is 72.6 Å². The molecular formula is C50H64Cl4F3N4O17PS. The summed E-state index contributed by atoms with van der Waals surface area (Å²) in [6.45, 7) is 10.7. The van der Waals surface area contributed by atoms with Crippen molar-refractivity contribution in [2.24, 2.45) is 0 Å². The van der Waals surface area contributed by atoms with Crippen LogP contribution in [0.15, 0.2) is 77.4 Å². The van der Waals surface area contributed by atoms with E-state index >= 15 is 0 Å². The first-order chi connectivity index (χ1) is 37.2. The monoisotopic (exact) mass is 1250 g/mol. The lowest BCUT2D eigenvalue weighted by Gasteiger charge is -2.29. The van der Waals surface area contributed by atoms with E-state index in [-0.39, 0.29) is 53.7 Å². The van der Waals surface area contributed by atoms with Crippen LogP contribution in [0.25, 0.3) is 0 Å². The molecule has 1 aliphatic heterocycles. The molecule has 0 aliphatic carbocycles. The van der Waals surface area contributed by atoms with Crippen molar-refractivity contribution in [1.82, 2.24) is 10.2 Å². The van der Waals surface area contributed by atoms with Crippen molar-refractivity contribution < 1.29 is 89.6 Å². The third-order valence-corrected chi connectivity index (χ3v) is 11.5. The zero-order valence-corrected chi connectivity index (χ0v) is 49.9. The standard InChI is InChI=1S/C19H15ClF3NO7.C14H20ClNO2.C11H13Cl2NO3.C3H8NO5P.C3H9S/c1-3-29-17(25)10(2)30-18(26)13-9-12(5-6-15(13)24(27)28)31-16-7-4-11(8-14(16)20)19(21,22)23;1-4-11-7-6-8-12(5-2)14(11)16(10-18-3)13(17)9-15;1-11(2)14(10(15)9(12)13)6-8(17-11)7-4-3-5-16-7;5-3(6)1-4-2-10(7,8)9;1-4(2)3/h4-10H,3H2,1-2H3;6-8H,4-5,9-10H2,1-3H3;3-5,8-9H,6H2,1-2H3;4H,1-2H2,(H,5,6)(H2,7,8,9);1-3H3/q;;;;+1/p-1. The number of alkyl halides is 6. The first kappa shape index (κ1) is 72.8. The zero-order valence-electron chi connectivity index (χ0n) is 45.2. The zero-order chi connectivity index (χ0) is 61.3. The number of hydrogen-bond acceptors (Lipinski definition) is 16. The molecule has 0 bridgehead atoms. The van der Waals surface area contributed by atoms with E-state index in [4.69, 9.17) is 84.5 Å². The highest BCUT2D eigenvalue weighted by Gasteiger charge is 2.45. The predicted molar refractivity (Wildman–Crippen MR) is 296 cm³/mol. The molecule has 2 amide bonds. The normalized spacial score (nSPS) is 14.5. The van der Waals surface area contributed by atoms with Gasteiger partial charge in [0, 0.05) is 19.2 Å². The van der Waals surface area contributed by atoms with Gasteiger partial charge in [-0.1, -0.05) is 66.8 Å². The van der Waals surface area contributed by atoms with Crippen LogP contribution in [0.3, 0.4) is 0 Å². The average Bonchev–Trinajstić information content (AvgIpc) is 4.03. The van der Waals surface area contributed by atoms with E-state index in [1.807, 2.05) is 29.6 Å². The number of anilines is 1. The molecule has 0 saturated carbocycles. The summed E-state index contributed by atoms with van der Waals surface area (Å²) in [5.41, 5.74) is 0.334. The summed E-state index contributed by atoms with van der Waals surface area (Å²) in [6, 6.07) is 15.1. The van der Waals surface area contributed by atoms with Gasteiger partial charge < -0.3 is 52.5 Å². The molecule has 1 fully saturated rings. The molecule has 0 spiro atoms. The molecule has 21 nitrogen and oxygen atoms in total. The average molecular weight is 1250 g/mol. The Kier molecular flexibility index (Phi) is 31.8. The summed E-state index contributed by atoms with van der Waals surface area (Å²) in [5.74, 6) is -3.36. The Morgan fingerprint density at radius 1 is 1.01 bits per heavy atom. The molecule has 3 atom stereocenters. The quantitative estimate of drug-likeness (QED) is 0.0150. The molecule has 0 radical (unpaired) electrons. The lowest BCUT2D eigenvalue weighted by molar-refractivity contribution is -0.385. The first-order valence-corrected chi connectivity index (χ1v) is 29.6. The third kappa shape index (κ3) is 25.3. The Balaban J connectivity index is 0.000000559. The maximum absolute atomic E-state index is 12.8. The summed E-state index contributed by atoms with van der Waals surface area (Å²) < 4.78 is 79.3. The topological polar surface area (TPSA) is 287 Å². The van der Waals surface area contributed by atoms with Crippen LogP contribution < -0.4 is 19.8 Å². The number of methoxy groups -OCH3 is 1. The second-order valence-electron chi connectivity index (χ2n) is 17.1. The number of nitrogens with one attached hydrogen (secondary N) is 1. The molecule has 4 aromatic rings. The highest BCUT2D eigenvalue weighted by molar-refractivity contribution is 7.94. The molecule has 3 aromatic carbocycles. The number of carbonyl (C=O) groups is 5. The van der Waals surface area contributed by atoms with Crippen molar-refractivity contribution in [3.8, 4) is 11.5 Å². The van der Waals surface area contributed by atoms with Crippen LogP contribution in [0.1, 0.15) is 80.5 Å². The van der Waals surface area contributed by atoms with E-state index in [9.17, 15) is 56.7 Å². The number of nitro groups is 1. The fourth-order valence-electron chi connectivity index (χ4n) is 6.58. The Morgan fingerprint density at radius 2 is 1.61 bits per heavy atom. The summed E-state index contributed by atoms with van der Waals surface area (Å²) in [6.07, 6.45) is 2.97. The number of halogens is 7. The van der Waals surface area contributed by atoms with Gasteiger partial charge in [0.15, 0.2) is 10.9 Å². The van der Waals surface area contributed by atoms with Gasteiger partial charge in [-0.25, -0.2) is 9.59 Å². The van der Waals surface area contributed by atoms with Gasteiger partial charge in [-0.3, -0.25) is 34.7 Å². The van der Waals surface area contributed by atoms with Gasteiger partial charge in [0.05, 0.1) is 72.2 Å². The third-order valence-electron chi connectivity index (χ3n) is 10.0. The van der Waals surface area contributed by atoms with Crippen LogP contribution in [0.5, 0.6) is 11.5 Å². The van der Waals surface area contributed by atoms with Crippen LogP contribution in [-0.4, -0.2) is 131 Å². The van der Waals surface area contributed by atoms with Gasteiger partial charge in [-0.05, 0) is 99.0 Å². The number of nitro benzene ring substituents is 1. The first-order valence-electron chi connectivity index (χ1n) is 23.6. The minimum absolute atomic E-state index is 0.0371. The minimum Gasteiger partial charge on any atom is -0.778 e. The number of aryl methyl sites for hydroxylation is 2. The number of amides is 2. The number of carbonyl (C=O) groups excluding carboxylic acids is 4. The number of aliphatic carboxylic acids is 1. The van der Waals surface area contributed by atoms with Crippen LogP contribution in [0.2, 0.25) is 5.02 Å². The Morgan fingerprint density at radius 3 is 2.06 bits per heavy atom. The molecule has 80 heavy (non-hydrogen) atoms. The SMILES string of the molecule is CC1(C)OC(c2ccco2)CN1C(=O)C(Cl)Cl.CCOC(=O)C(C)OC(=O)c1cc(Oc2ccc(C(F)(F)F)cc2Cl)ccc1[N+](=O)[O-].CCc1cccc(CC)c1N(COC)C(=O)CCl.C[S+](C)C.O=C(O)CNCP(=O)([O-])O. The number of rotatable bonds is 19. The van der Waals surface area contributed by atoms with Gasteiger partial charge >= 0.3 is 24.1 Å².